The molecule has 0 aromatic heterocycles. The van der Waals surface area contributed by atoms with Gasteiger partial charge in [0.15, 0.2) is 0 Å². The summed E-state index contributed by atoms with van der Waals surface area (Å²) in [5.74, 6) is 2.29. The van der Waals surface area contributed by atoms with Crippen LogP contribution in [0.5, 0.6) is 11.5 Å². The molecule has 0 spiro atoms. The van der Waals surface area contributed by atoms with Crippen molar-refractivity contribution in [3.8, 4) is 11.5 Å². The zero-order chi connectivity index (χ0) is 24.8. The molecule has 4 N–H and O–H groups in total. The Morgan fingerprint density at radius 1 is 0.697 bits per heavy atom. The standard InChI is InChI=1S/C25H34Br4N2O2/c1-5-15(11-30)13-32-23-19(26)7-17(8-20(23)27)25(3,4)18-9-21(28)24(22(29)10-18)33-14-16(6-2)12-31/h7-10,15-16H,5-6,11-14,30-31H2,1-4H3. The highest BCUT2D eigenvalue weighted by Gasteiger charge is 2.27. The third kappa shape index (κ3) is 7.43. The van der Waals surface area contributed by atoms with Gasteiger partial charge >= 0.3 is 0 Å². The lowest BCUT2D eigenvalue weighted by Gasteiger charge is -2.29. The molecule has 0 heterocycles. The van der Waals surface area contributed by atoms with Crippen molar-refractivity contribution in [1.82, 2.24) is 0 Å². The van der Waals surface area contributed by atoms with E-state index in [2.05, 4.69) is 116 Å². The van der Waals surface area contributed by atoms with Crippen LogP contribution in [-0.2, 0) is 5.41 Å². The maximum Gasteiger partial charge on any atom is 0.147 e. The molecular formula is C25H34Br4N2O2. The Hall–Kier alpha value is -0.120. The van der Waals surface area contributed by atoms with Crippen LogP contribution in [0.1, 0.15) is 51.7 Å². The molecule has 0 saturated heterocycles. The van der Waals surface area contributed by atoms with E-state index in [0.29, 0.717) is 38.1 Å². The molecule has 2 atom stereocenters. The van der Waals surface area contributed by atoms with Crippen molar-refractivity contribution in [3.63, 3.8) is 0 Å². The maximum absolute atomic E-state index is 6.09. The van der Waals surface area contributed by atoms with E-state index in [0.717, 1.165) is 53.4 Å². The summed E-state index contributed by atoms with van der Waals surface area (Å²) in [5.41, 5.74) is 13.7. The van der Waals surface area contributed by atoms with Crippen LogP contribution in [0, 0.1) is 11.8 Å². The van der Waals surface area contributed by atoms with Gasteiger partial charge in [0.2, 0.25) is 0 Å². The summed E-state index contributed by atoms with van der Waals surface area (Å²) in [5, 5.41) is 0. The second kappa shape index (κ2) is 13.3. The summed E-state index contributed by atoms with van der Waals surface area (Å²) in [6.07, 6.45) is 1.98. The Balaban J connectivity index is 2.31. The third-order valence-electron chi connectivity index (χ3n) is 6.19. The molecule has 0 radical (unpaired) electrons. The number of halogens is 4. The maximum atomic E-state index is 6.09. The largest absolute Gasteiger partial charge is 0.491 e. The second-order valence-corrected chi connectivity index (χ2v) is 12.2. The first-order chi connectivity index (χ1) is 15.6. The number of hydrogen-bond donors (Lipinski definition) is 2. The molecule has 4 nitrogen and oxygen atoms in total. The number of ether oxygens (including phenoxy) is 2. The molecule has 0 aliphatic carbocycles. The van der Waals surface area contributed by atoms with Crippen LogP contribution < -0.4 is 20.9 Å². The predicted octanol–water partition coefficient (Wildman–Crippen LogP) is 7.79. The molecule has 33 heavy (non-hydrogen) atoms. The lowest BCUT2D eigenvalue weighted by molar-refractivity contribution is 0.246. The molecule has 0 bridgehead atoms. The average Bonchev–Trinajstić information content (AvgIpc) is 2.77. The van der Waals surface area contributed by atoms with Crippen molar-refractivity contribution in [2.75, 3.05) is 26.3 Å². The van der Waals surface area contributed by atoms with E-state index in [1.807, 2.05) is 0 Å². The zero-order valence-corrected chi connectivity index (χ0v) is 26.0. The molecule has 0 aliphatic rings. The van der Waals surface area contributed by atoms with Crippen molar-refractivity contribution >= 4 is 63.7 Å². The van der Waals surface area contributed by atoms with E-state index in [1.165, 1.54) is 0 Å². The minimum Gasteiger partial charge on any atom is -0.491 e. The van der Waals surface area contributed by atoms with Gasteiger partial charge < -0.3 is 20.9 Å². The Kier molecular flexibility index (Phi) is 11.7. The highest BCUT2D eigenvalue weighted by Crippen LogP contribution is 2.44. The Morgan fingerprint density at radius 2 is 1.00 bits per heavy atom. The van der Waals surface area contributed by atoms with Crippen LogP contribution in [0.3, 0.4) is 0 Å². The van der Waals surface area contributed by atoms with E-state index in [1.54, 1.807) is 0 Å². The van der Waals surface area contributed by atoms with E-state index in [4.69, 9.17) is 20.9 Å². The molecule has 0 saturated carbocycles. The van der Waals surface area contributed by atoms with Gasteiger partial charge in [-0.25, -0.2) is 0 Å². The number of benzene rings is 2. The van der Waals surface area contributed by atoms with E-state index < -0.39 is 0 Å². The Bertz CT molecular complexity index is 809. The first-order valence-corrected chi connectivity index (χ1v) is 14.4. The molecule has 184 valence electrons. The topological polar surface area (TPSA) is 70.5 Å². The molecule has 0 amide bonds. The number of rotatable bonds is 12. The predicted molar refractivity (Wildman–Crippen MR) is 152 cm³/mol. The minimum atomic E-state index is -0.264. The van der Waals surface area contributed by atoms with E-state index in [-0.39, 0.29) is 5.41 Å². The lowest BCUT2D eigenvalue weighted by atomic mass is 9.78. The molecule has 2 aromatic rings. The van der Waals surface area contributed by atoms with Crippen molar-refractivity contribution in [3.05, 3.63) is 53.3 Å². The highest BCUT2D eigenvalue weighted by atomic mass is 79.9. The smallest absolute Gasteiger partial charge is 0.147 e. The molecule has 2 rings (SSSR count). The molecule has 0 fully saturated rings. The Morgan fingerprint density at radius 3 is 1.24 bits per heavy atom. The second-order valence-electron chi connectivity index (χ2n) is 8.80. The van der Waals surface area contributed by atoms with Crippen molar-refractivity contribution < 1.29 is 9.47 Å². The fourth-order valence-corrected chi connectivity index (χ4v) is 6.22. The van der Waals surface area contributed by atoms with Gasteiger partial charge in [-0.15, -0.1) is 0 Å². The summed E-state index contributed by atoms with van der Waals surface area (Å²) in [6, 6.07) is 8.51. The van der Waals surface area contributed by atoms with Gasteiger partial charge in [-0.05, 0) is 125 Å². The number of nitrogens with two attached hydrogens (primary N) is 2. The SMILES string of the molecule is CCC(CN)COc1c(Br)cc(C(C)(C)c2cc(Br)c(OCC(CC)CN)c(Br)c2)cc1Br. The van der Waals surface area contributed by atoms with E-state index in [9.17, 15) is 0 Å². The normalized spacial score (nSPS) is 13.6. The van der Waals surface area contributed by atoms with Crippen molar-refractivity contribution in [2.24, 2.45) is 23.3 Å². The van der Waals surface area contributed by atoms with Crippen molar-refractivity contribution in [2.45, 2.75) is 46.0 Å². The first-order valence-electron chi connectivity index (χ1n) is 11.2. The quantitative estimate of drug-likeness (QED) is 0.236. The third-order valence-corrected chi connectivity index (χ3v) is 8.54. The molecule has 8 heteroatoms. The minimum absolute atomic E-state index is 0.264. The van der Waals surface area contributed by atoms with Gasteiger partial charge in [-0.3, -0.25) is 0 Å². The fourth-order valence-electron chi connectivity index (χ4n) is 3.39. The van der Waals surface area contributed by atoms with Gasteiger partial charge in [0.1, 0.15) is 11.5 Å². The van der Waals surface area contributed by atoms with Gasteiger partial charge in [-0.1, -0.05) is 27.7 Å². The number of hydrogen-bond acceptors (Lipinski definition) is 4. The highest BCUT2D eigenvalue weighted by molar-refractivity contribution is 9.11. The fraction of sp³-hybridized carbons (Fsp3) is 0.520. The van der Waals surface area contributed by atoms with Crippen LogP contribution in [0.2, 0.25) is 0 Å². The van der Waals surface area contributed by atoms with Crippen molar-refractivity contribution in [1.29, 1.82) is 0 Å². The molecule has 2 unspecified atom stereocenters. The van der Waals surface area contributed by atoms with Crippen LogP contribution in [-0.4, -0.2) is 26.3 Å². The summed E-state index contributed by atoms with van der Waals surface area (Å²) in [6.45, 7) is 11.1. The Labute approximate surface area is 232 Å². The molecule has 0 aliphatic heterocycles. The monoisotopic (exact) mass is 710 g/mol. The van der Waals surface area contributed by atoms with Gasteiger partial charge in [0.05, 0.1) is 31.1 Å². The molecule has 2 aromatic carbocycles. The van der Waals surface area contributed by atoms with Gasteiger partial charge in [0, 0.05) is 17.3 Å². The molecular weight excluding hydrogens is 680 g/mol. The summed E-state index contributed by atoms with van der Waals surface area (Å²) in [4.78, 5) is 0. The summed E-state index contributed by atoms with van der Waals surface area (Å²) >= 11 is 14.8. The average molecular weight is 714 g/mol. The van der Waals surface area contributed by atoms with Crippen LogP contribution in [0.25, 0.3) is 0 Å². The van der Waals surface area contributed by atoms with Gasteiger partial charge in [0.25, 0.3) is 0 Å². The van der Waals surface area contributed by atoms with Gasteiger partial charge in [-0.2, -0.15) is 0 Å². The van der Waals surface area contributed by atoms with E-state index >= 15 is 0 Å². The lowest BCUT2D eigenvalue weighted by Crippen LogP contribution is -2.22. The van der Waals surface area contributed by atoms with Crippen LogP contribution >= 0.6 is 63.7 Å². The first kappa shape index (κ1) is 29.1. The van der Waals surface area contributed by atoms with Crippen LogP contribution in [0.4, 0.5) is 0 Å². The van der Waals surface area contributed by atoms with Crippen LogP contribution in [0.15, 0.2) is 42.2 Å². The summed E-state index contributed by atoms with van der Waals surface area (Å²) < 4.78 is 15.8. The zero-order valence-electron chi connectivity index (χ0n) is 19.7. The summed E-state index contributed by atoms with van der Waals surface area (Å²) in [7, 11) is 0.